The molecule has 23 heavy (non-hydrogen) atoms. The third kappa shape index (κ3) is 5.05. The smallest absolute Gasteiger partial charge is 0.245 e. The first-order chi connectivity index (χ1) is 10.5. The summed E-state index contributed by atoms with van der Waals surface area (Å²) < 4.78 is 9.95. The van der Waals surface area contributed by atoms with Crippen molar-refractivity contribution in [1.29, 1.82) is 0 Å². The topological polar surface area (TPSA) is 86.5 Å². The summed E-state index contributed by atoms with van der Waals surface area (Å²) in [5.74, 6) is 0.259. The molecule has 0 bridgehead atoms. The van der Waals surface area contributed by atoms with E-state index in [2.05, 4.69) is 10.3 Å². The van der Waals surface area contributed by atoms with Gasteiger partial charge in [0.2, 0.25) is 5.91 Å². The summed E-state index contributed by atoms with van der Waals surface area (Å²) in [6.45, 7) is 0.151. The van der Waals surface area contributed by atoms with Gasteiger partial charge in [-0.15, -0.1) is 23.7 Å². The molecule has 0 radical (unpaired) electrons. The Bertz CT molecular complexity index is 666. The number of benzene rings is 1. The van der Waals surface area contributed by atoms with Crippen molar-refractivity contribution in [3.63, 3.8) is 0 Å². The summed E-state index contributed by atoms with van der Waals surface area (Å²) in [7, 11) is 3.04. The van der Waals surface area contributed by atoms with Crippen molar-refractivity contribution in [2.24, 2.45) is 5.73 Å². The van der Waals surface area contributed by atoms with E-state index < -0.39 is 6.04 Å². The van der Waals surface area contributed by atoms with Crippen LogP contribution in [0.3, 0.4) is 0 Å². The SMILES string of the molecule is COCC(N)C(=O)Nc1nc(-c2ccc(OC)c(Cl)c2)cs1.Cl. The molecule has 0 fully saturated rings. The van der Waals surface area contributed by atoms with Gasteiger partial charge in [0.25, 0.3) is 0 Å². The Balaban J connectivity index is 0.00000264. The van der Waals surface area contributed by atoms with Crippen LogP contribution in [0.4, 0.5) is 5.13 Å². The van der Waals surface area contributed by atoms with Crippen LogP contribution in [0.1, 0.15) is 0 Å². The van der Waals surface area contributed by atoms with Gasteiger partial charge in [0, 0.05) is 18.1 Å². The molecule has 0 saturated heterocycles. The number of halogens is 2. The molecule has 9 heteroatoms. The number of rotatable bonds is 6. The predicted octanol–water partition coefficient (Wildman–Crippen LogP) is 2.81. The van der Waals surface area contributed by atoms with Crippen LogP contribution in [-0.4, -0.2) is 37.8 Å². The van der Waals surface area contributed by atoms with Crippen molar-refractivity contribution in [3.05, 3.63) is 28.6 Å². The van der Waals surface area contributed by atoms with E-state index in [1.165, 1.54) is 18.4 Å². The van der Waals surface area contributed by atoms with Gasteiger partial charge in [-0.1, -0.05) is 11.6 Å². The van der Waals surface area contributed by atoms with Crippen LogP contribution in [0.25, 0.3) is 11.3 Å². The number of hydrogen-bond donors (Lipinski definition) is 2. The van der Waals surface area contributed by atoms with Crippen LogP contribution < -0.4 is 15.8 Å². The Hall–Kier alpha value is -1.38. The van der Waals surface area contributed by atoms with E-state index in [-0.39, 0.29) is 24.9 Å². The fourth-order valence-corrected chi connectivity index (χ4v) is 2.72. The predicted molar refractivity (Wildman–Crippen MR) is 94.8 cm³/mol. The first-order valence-corrected chi connectivity index (χ1v) is 7.65. The number of hydrogen-bond acceptors (Lipinski definition) is 6. The number of nitrogens with two attached hydrogens (primary N) is 1. The summed E-state index contributed by atoms with van der Waals surface area (Å²) in [6, 6.07) is 4.65. The number of aromatic nitrogens is 1. The summed E-state index contributed by atoms with van der Waals surface area (Å²) in [5, 5.41) is 5.46. The summed E-state index contributed by atoms with van der Waals surface area (Å²) in [6.07, 6.45) is 0. The number of amides is 1. The lowest BCUT2D eigenvalue weighted by molar-refractivity contribution is -0.118. The number of nitrogens with zero attached hydrogens (tertiary/aromatic N) is 1. The average Bonchev–Trinajstić information content (AvgIpc) is 2.95. The number of nitrogens with one attached hydrogen (secondary N) is 1. The molecular formula is C14H17Cl2N3O3S. The maximum Gasteiger partial charge on any atom is 0.245 e. The van der Waals surface area contributed by atoms with Gasteiger partial charge in [0.1, 0.15) is 11.8 Å². The van der Waals surface area contributed by atoms with Crippen LogP contribution in [0.2, 0.25) is 5.02 Å². The molecule has 0 aliphatic heterocycles. The molecule has 0 aliphatic carbocycles. The van der Waals surface area contributed by atoms with E-state index >= 15 is 0 Å². The molecule has 3 N–H and O–H groups in total. The molecule has 1 amide bonds. The highest BCUT2D eigenvalue weighted by molar-refractivity contribution is 7.14. The van der Waals surface area contributed by atoms with Gasteiger partial charge in [-0.3, -0.25) is 4.79 Å². The van der Waals surface area contributed by atoms with Crippen LogP contribution in [0.5, 0.6) is 5.75 Å². The van der Waals surface area contributed by atoms with E-state index in [0.29, 0.717) is 21.6 Å². The highest BCUT2D eigenvalue weighted by atomic mass is 35.5. The minimum atomic E-state index is -0.729. The van der Waals surface area contributed by atoms with Gasteiger partial charge in [-0.25, -0.2) is 4.98 Å². The zero-order chi connectivity index (χ0) is 16.1. The van der Waals surface area contributed by atoms with Crippen LogP contribution in [-0.2, 0) is 9.53 Å². The van der Waals surface area contributed by atoms with Gasteiger partial charge >= 0.3 is 0 Å². The molecule has 0 saturated carbocycles. The summed E-state index contributed by atoms with van der Waals surface area (Å²) >= 11 is 7.41. The standard InChI is InChI=1S/C14H16ClN3O3S.ClH/c1-20-6-10(16)13(19)18-14-17-11(7-22-14)8-3-4-12(21-2)9(15)5-8;/h3-5,7,10H,6,16H2,1-2H3,(H,17,18,19);1H. The highest BCUT2D eigenvalue weighted by Crippen LogP contribution is 2.31. The number of ether oxygens (including phenoxy) is 2. The molecular weight excluding hydrogens is 361 g/mol. The third-order valence-electron chi connectivity index (χ3n) is 2.86. The zero-order valence-corrected chi connectivity index (χ0v) is 14.9. The maximum absolute atomic E-state index is 11.8. The minimum Gasteiger partial charge on any atom is -0.495 e. The Morgan fingerprint density at radius 1 is 1.48 bits per heavy atom. The summed E-state index contributed by atoms with van der Waals surface area (Å²) in [5.41, 5.74) is 7.20. The lowest BCUT2D eigenvalue weighted by Crippen LogP contribution is -2.39. The Morgan fingerprint density at radius 3 is 2.83 bits per heavy atom. The van der Waals surface area contributed by atoms with E-state index in [1.54, 1.807) is 19.2 Å². The molecule has 6 nitrogen and oxygen atoms in total. The van der Waals surface area contributed by atoms with E-state index in [0.717, 1.165) is 5.56 Å². The second kappa shape index (κ2) is 9.05. The third-order valence-corrected chi connectivity index (χ3v) is 3.92. The van der Waals surface area contributed by atoms with E-state index in [4.69, 9.17) is 26.8 Å². The monoisotopic (exact) mass is 377 g/mol. The van der Waals surface area contributed by atoms with Crippen molar-refractivity contribution in [3.8, 4) is 17.0 Å². The normalized spacial score (nSPS) is 11.5. The maximum atomic E-state index is 11.8. The molecule has 1 heterocycles. The molecule has 1 atom stereocenters. The number of thiazole rings is 1. The Labute approximate surface area is 149 Å². The molecule has 0 spiro atoms. The van der Waals surface area contributed by atoms with Crippen molar-refractivity contribution < 1.29 is 14.3 Å². The quantitative estimate of drug-likeness (QED) is 0.807. The second-order valence-electron chi connectivity index (χ2n) is 4.44. The molecule has 126 valence electrons. The van der Waals surface area contributed by atoms with Crippen LogP contribution in [0.15, 0.2) is 23.6 Å². The molecule has 0 aliphatic rings. The van der Waals surface area contributed by atoms with E-state index in [9.17, 15) is 4.79 Å². The molecule has 1 aromatic heterocycles. The van der Waals surface area contributed by atoms with Gasteiger partial charge < -0.3 is 20.5 Å². The fourth-order valence-electron chi connectivity index (χ4n) is 1.74. The lowest BCUT2D eigenvalue weighted by atomic mass is 10.2. The molecule has 2 rings (SSSR count). The number of carbonyl (C=O) groups is 1. The van der Waals surface area contributed by atoms with E-state index in [1.807, 2.05) is 11.4 Å². The lowest BCUT2D eigenvalue weighted by Gasteiger charge is -2.08. The first-order valence-electron chi connectivity index (χ1n) is 6.40. The highest BCUT2D eigenvalue weighted by Gasteiger charge is 2.15. The second-order valence-corrected chi connectivity index (χ2v) is 5.70. The van der Waals surface area contributed by atoms with Crippen LogP contribution >= 0.6 is 35.3 Å². The number of methoxy groups -OCH3 is 2. The van der Waals surface area contributed by atoms with Crippen LogP contribution in [0, 0.1) is 0 Å². The van der Waals surface area contributed by atoms with Crippen molar-refractivity contribution >= 4 is 46.4 Å². The van der Waals surface area contributed by atoms with Gasteiger partial charge in [-0.2, -0.15) is 0 Å². The number of carbonyl (C=O) groups excluding carboxylic acids is 1. The fraction of sp³-hybridized carbons (Fsp3) is 0.286. The minimum absolute atomic E-state index is 0. The molecule has 1 aromatic carbocycles. The van der Waals surface area contributed by atoms with Crippen molar-refractivity contribution in [1.82, 2.24) is 4.98 Å². The molecule has 1 unspecified atom stereocenters. The number of anilines is 1. The Kier molecular flexibility index (Phi) is 7.74. The Morgan fingerprint density at radius 2 is 2.22 bits per heavy atom. The van der Waals surface area contributed by atoms with Crippen molar-refractivity contribution in [2.75, 3.05) is 26.1 Å². The first kappa shape index (κ1) is 19.7. The molecule has 2 aromatic rings. The van der Waals surface area contributed by atoms with Gasteiger partial charge in [-0.05, 0) is 18.2 Å². The largest absolute Gasteiger partial charge is 0.495 e. The van der Waals surface area contributed by atoms with Gasteiger partial charge in [0.05, 0.1) is 24.4 Å². The summed E-state index contributed by atoms with van der Waals surface area (Å²) in [4.78, 5) is 16.1. The zero-order valence-electron chi connectivity index (χ0n) is 12.5. The van der Waals surface area contributed by atoms with Gasteiger partial charge in [0.15, 0.2) is 5.13 Å². The average molecular weight is 378 g/mol. The van der Waals surface area contributed by atoms with Crippen molar-refractivity contribution in [2.45, 2.75) is 6.04 Å².